The zero-order valence-electron chi connectivity index (χ0n) is 16.5. The number of rotatable bonds is 4. The van der Waals surface area contributed by atoms with Crippen LogP contribution in [-0.2, 0) is 4.79 Å². The van der Waals surface area contributed by atoms with Crippen LogP contribution in [0.1, 0.15) is 53.4 Å². The average Bonchev–Trinajstić information content (AvgIpc) is 3.19. The fourth-order valence-electron chi connectivity index (χ4n) is 4.19. The number of carbonyl (C=O) groups excluding carboxylic acids is 2. The molecule has 0 radical (unpaired) electrons. The smallest absolute Gasteiger partial charge is 0.255 e. The Bertz CT molecular complexity index is 933. The van der Waals surface area contributed by atoms with Crippen molar-refractivity contribution in [1.29, 1.82) is 0 Å². The van der Waals surface area contributed by atoms with Gasteiger partial charge in [0.15, 0.2) is 0 Å². The fourth-order valence-corrected chi connectivity index (χ4v) is 5.61. The Kier molecular flexibility index (Phi) is 6.37. The van der Waals surface area contributed by atoms with Crippen LogP contribution in [0, 0.1) is 11.6 Å². The van der Waals surface area contributed by atoms with Crippen molar-refractivity contribution in [2.75, 3.05) is 5.75 Å². The maximum absolute atomic E-state index is 13.8. The van der Waals surface area contributed by atoms with E-state index in [2.05, 4.69) is 5.32 Å². The summed E-state index contributed by atoms with van der Waals surface area (Å²) >= 11 is 1.42. The van der Waals surface area contributed by atoms with Gasteiger partial charge in [-0.25, -0.2) is 8.78 Å². The second-order valence-electron chi connectivity index (χ2n) is 7.82. The molecule has 2 aromatic rings. The lowest BCUT2D eigenvalue weighted by Gasteiger charge is -2.31. The van der Waals surface area contributed by atoms with Gasteiger partial charge in [0.2, 0.25) is 5.91 Å². The molecule has 2 aliphatic rings. The Labute approximate surface area is 179 Å². The van der Waals surface area contributed by atoms with Crippen LogP contribution in [0.4, 0.5) is 8.78 Å². The number of nitrogens with zero attached hydrogens (tertiary/aromatic N) is 1. The lowest BCUT2D eigenvalue weighted by Crippen LogP contribution is -2.50. The minimum atomic E-state index is -0.694. The number of halogens is 2. The number of carbonyl (C=O) groups is 2. The van der Waals surface area contributed by atoms with Gasteiger partial charge < -0.3 is 10.2 Å². The molecule has 1 N–H and O–H groups in total. The van der Waals surface area contributed by atoms with Gasteiger partial charge in [0.25, 0.3) is 5.91 Å². The van der Waals surface area contributed by atoms with Crippen molar-refractivity contribution < 1.29 is 18.4 Å². The standard InChI is InChI=1S/C23H24F2N2O2S/c24-17-8-4-6-15(12-17)22(29)27-20(21(28)26-19-10-2-1-3-11-19)14-30-23(27)16-7-5-9-18(25)13-16/h4-9,12-13,19-20,23H,1-3,10-11,14H2,(H,26,28). The maximum Gasteiger partial charge on any atom is 0.255 e. The number of nitrogens with one attached hydrogen (secondary N) is 1. The summed E-state index contributed by atoms with van der Waals surface area (Å²) in [5.41, 5.74) is 0.784. The first-order valence-corrected chi connectivity index (χ1v) is 11.3. The number of hydrogen-bond donors (Lipinski definition) is 1. The number of thioether (sulfide) groups is 1. The first-order chi connectivity index (χ1) is 14.5. The third kappa shape index (κ3) is 4.51. The van der Waals surface area contributed by atoms with Gasteiger partial charge in [0.05, 0.1) is 0 Å². The van der Waals surface area contributed by atoms with E-state index in [1.165, 1.54) is 59.5 Å². The van der Waals surface area contributed by atoms with Gasteiger partial charge in [0.1, 0.15) is 23.1 Å². The monoisotopic (exact) mass is 430 g/mol. The molecule has 7 heteroatoms. The van der Waals surface area contributed by atoms with E-state index >= 15 is 0 Å². The average molecular weight is 431 g/mol. The van der Waals surface area contributed by atoms with E-state index in [9.17, 15) is 18.4 Å². The van der Waals surface area contributed by atoms with Gasteiger partial charge in [-0.1, -0.05) is 37.5 Å². The summed E-state index contributed by atoms with van der Waals surface area (Å²) in [6.07, 6.45) is 5.23. The molecule has 2 unspecified atom stereocenters. The molecule has 4 nitrogen and oxygen atoms in total. The van der Waals surface area contributed by atoms with Crippen LogP contribution in [0.5, 0.6) is 0 Å². The summed E-state index contributed by atoms with van der Waals surface area (Å²) in [5.74, 6) is -1.14. The zero-order chi connectivity index (χ0) is 21.1. The molecule has 1 aliphatic carbocycles. The first kappa shape index (κ1) is 20.8. The molecule has 2 atom stereocenters. The van der Waals surface area contributed by atoms with E-state index in [1.54, 1.807) is 12.1 Å². The van der Waals surface area contributed by atoms with Crippen LogP contribution in [0.2, 0.25) is 0 Å². The van der Waals surface area contributed by atoms with Gasteiger partial charge in [-0.2, -0.15) is 0 Å². The second kappa shape index (κ2) is 9.16. The van der Waals surface area contributed by atoms with Crippen molar-refractivity contribution in [2.24, 2.45) is 0 Å². The van der Waals surface area contributed by atoms with E-state index in [4.69, 9.17) is 0 Å². The van der Waals surface area contributed by atoms with Crippen molar-refractivity contribution in [1.82, 2.24) is 10.2 Å². The quantitative estimate of drug-likeness (QED) is 0.767. The highest BCUT2D eigenvalue weighted by atomic mass is 32.2. The van der Waals surface area contributed by atoms with Crippen molar-refractivity contribution in [3.63, 3.8) is 0 Å². The normalized spacial score (nSPS) is 22.1. The molecule has 30 heavy (non-hydrogen) atoms. The van der Waals surface area contributed by atoms with E-state index in [1.807, 2.05) is 0 Å². The predicted molar refractivity (Wildman–Crippen MR) is 113 cm³/mol. The first-order valence-electron chi connectivity index (χ1n) is 10.3. The number of hydrogen-bond acceptors (Lipinski definition) is 3. The van der Waals surface area contributed by atoms with Crippen molar-refractivity contribution >= 4 is 23.6 Å². The highest BCUT2D eigenvalue weighted by molar-refractivity contribution is 7.99. The van der Waals surface area contributed by atoms with E-state index < -0.39 is 29.0 Å². The van der Waals surface area contributed by atoms with Crippen molar-refractivity contribution in [3.8, 4) is 0 Å². The molecule has 4 rings (SSSR count). The van der Waals surface area contributed by atoms with Crippen LogP contribution in [0.25, 0.3) is 0 Å². The van der Waals surface area contributed by atoms with Crippen LogP contribution in [-0.4, -0.2) is 34.6 Å². The van der Waals surface area contributed by atoms with E-state index in [-0.39, 0.29) is 17.5 Å². The van der Waals surface area contributed by atoms with Gasteiger partial charge in [0, 0.05) is 17.4 Å². The molecule has 1 heterocycles. The third-order valence-electron chi connectivity index (χ3n) is 5.69. The molecule has 0 bridgehead atoms. The Hall–Kier alpha value is -2.41. The lowest BCUT2D eigenvalue weighted by atomic mass is 9.95. The predicted octanol–water partition coefficient (Wildman–Crippen LogP) is 4.67. The largest absolute Gasteiger partial charge is 0.352 e. The molecule has 0 aromatic heterocycles. The van der Waals surface area contributed by atoms with E-state index in [0.29, 0.717) is 11.3 Å². The van der Waals surface area contributed by atoms with E-state index in [0.717, 1.165) is 25.7 Å². The summed E-state index contributed by atoms with van der Waals surface area (Å²) in [4.78, 5) is 27.9. The van der Waals surface area contributed by atoms with Gasteiger partial charge in [-0.05, 0) is 48.7 Å². The Balaban J connectivity index is 1.63. The Morgan fingerprint density at radius 1 is 0.967 bits per heavy atom. The highest BCUT2D eigenvalue weighted by Crippen LogP contribution is 2.42. The summed E-state index contributed by atoms with van der Waals surface area (Å²) in [6.45, 7) is 0. The van der Waals surface area contributed by atoms with Crippen LogP contribution >= 0.6 is 11.8 Å². The maximum atomic E-state index is 13.8. The van der Waals surface area contributed by atoms with Crippen LogP contribution < -0.4 is 5.32 Å². The molecular weight excluding hydrogens is 406 g/mol. The van der Waals surface area contributed by atoms with Crippen LogP contribution in [0.15, 0.2) is 48.5 Å². The molecule has 1 saturated carbocycles. The highest BCUT2D eigenvalue weighted by Gasteiger charge is 2.43. The number of amides is 2. The topological polar surface area (TPSA) is 49.4 Å². The minimum Gasteiger partial charge on any atom is -0.352 e. The molecule has 2 aromatic carbocycles. The molecule has 158 valence electrons. The zero-order valence-corrected chi connectivity index (χ0v) is 17.3. The summed E-state index contributed by atoms with van der Waals surface area (Å²) in [5, 5.41) is 2.58. The summed E-state index contributed by atoms with van der Waals surface area (Å²) in [7, 11) is 0. The molecule has 2 fully saturated rings. The van der Waals surface area contributed by atoms with Gasteiger partial charge in [-0.3, -0.25) is 9.59 Å². The number of benzene rings is 2. The molecule has 1 saturated heterocycles. The van der Waals surface area contributed by atoms with Crippen molar-refractivity contribution in [3.05, 3.63) is 71.3 Å². The van der Waals surface area contributed by atoms with Gasteiger partial charge in [-0.15, -0.1) is 11.8 Å². The molecule has 2 amide bonds. The Morgan fingerprint density at radius 2 is 1.67 bits per heavy atom. The lowest BCUT2D eigenvalue weighted by molar-refractivity contribution is -0.125. The Morgan fingerprint density at radius 3 is 2.37 bits per heavy atom. The molecular formula is C23H24F2N2O2S. The second-order valence-corrected chi connectivity index (χ2v) is 8.94. The minimum absolute atomic E-state index is 0.121. The molecule has 1 aliphatic heterocycles. The SMILES string of the molecule is O=C(NC1CCCCC1)C1CSC(c2cccc(F)c2)N1C(=O)c1cccc(F)c1. The van der Waals surface area contributed by atoms with Crippen LogP contribution in [0.3, 0.4) is 0 Å². The summed E-state index contributed by atoms with van der Waals surface area (Å²) in [6, 6.07) is 10.9. The fraction of sp³-hybridized carbons (Fsp3) is 0.391. The van der Waals surface area contributed by atoms with Gasteiger partial charge >= 0.3 is 0 Å². The van der Waals surface area contributed by atoms with Crippen molar-refractivity contribution in [2.45, 2.75) is 49.6 Å². The molecule has 0 spiro atoms. The third-order valence-corrected chi connectivity index (χ3v) is 7.02. The summed E-state index contributed by atoms with van der Waals surface area (Å²) < 4.78 is 27.6.